The van der Waals surface area contributed by atoms with E-state index in [9.17, 15) is 14.4 Å². The molecular formula is C28H45N3O4. The van der Waals surface area contributed by atoms with Crippen molar-refractivity contribution in [1.29, 1.82) is 0 Å². The van der Waals surface area contributed by atoms with Crippen molar-refractivity contribution in [3.63, 3.8) is 0 Å². The number of benzene rings is 1. The van der Waals surface area contributed by atoms with Crippen molar-refractivity contribution in [1.82, 2.24) is 16.0 Å². The maximum atomic E-state index is 13.3. The van der Waals surface area contributed by atoms with E-state index < -0.39 is 6.04 Å². The number of aliphatic hydroxyl groups excluding tert-OH is 1. The van der Waals surface area contributed by atoms with Gasteiger partial charge in [0.1, 0.15) is 6.04 Å². The predicted molar refractivity (Wildman–Crippen MR) is 139 cm³/mol. The average molecular weight is 488 g/mol. The average Bonchev–Trinajstić information content (AvgIpc) is 3.20. The molecule has 0 bridgehead atoms. The first kappa shape index (κ1) is 28.8. The number of rotatable bonds is 4. The van der Waals surface area contributed by atoms with Crippen LogP contribution in [0.1, 0.15) is 77.2 Å². The Bertz CT molecular complexity index is 799. The second-order valence-corrected chi connectivity index (χ2v) is 10.4. The third-order valence-corrected chi connectivity index (χ3v) is 7.27. The van der Waals surface area contributed by atoms with E-state index in [-0.39, 0.29) is 35.0 Å². The molecule has 1 spiro atoms. The number of hydrogen-bond acceptors (Lipinski definition) is 4. The van der Waals surface area contributed by atoms with Gasteiger partial charge in [-0.05, 0) is 50.0 Å². The molecule has 2 heterocycles. The van der Waals surface area contributed by atoms with Crippen LogP contribution in [0, 0.1) is 17.3 Å². The highest BCUT2D eigenvalue weighted by atomic mass is 16.2. The third-order valence-electron chi connectivity index (χ3n) is 7.27. The molecule has 35 heavy (non-hydrogen) atoms. The van der Waals surface area contributed by atoms with Crippen LogP contribution in [0.15, 0.2) is 30.3 Å². The van der Waals surface area contributed by atoms with Crippen LogP contribution in [-0.2, 0) is 20.8 Å². The van der Waals surface area contributed by atoms with Crippen LogP contribution in [0.5, 0.6) is 0 Å². The zero-order valence-electron chi connectivity index (χ0n) is 21.8. The Hall–Kier alpha value is -2.41. The summed E-state index contributed by atoms with van der Waals surface area (Å²) < 4.78 is 0. The third kappa shape index (κ3) is 8.95. The number of carbonyl (C=O) groups is 3. The quantitative estimate of drug-likeness (QED) is 0.522. The van der Waals surface area contributed by atoms with Gasteiger partial charge in [0.15, 0.2) is 0 Å². The first-order chi connectivity index (χ1) is 16.9. The van der Waals surface area contributed by atoms with Crippen molar-refractivity contribution in [2.45, 2.75) is 84.1 Å². The summed E-state index contributed by atoms with van der Waals surface area (Å²) in [6.45, 7) is 5.31. The van der Waals surface area contributed by atoms with E-state index in [1.54, 1.807) is 0 Å². The van der Waals surface area contributed by atoms with Crippen molar-refractivity contribution in [2.75, 3.05) is 20.2 Å². The van der Waals surface area contributed by atoms with Gasteiger partial charge in [0, 0.05) is 26.1 Å². The van der Waals surface area contributed by atoms with Crippen LogP contribution in [0.4, 0.5) is 0 Å². The fourth-order valence-corrected chi connectivity index (χ4v) is 5.29. The lowest BCUT2D eigenvalue weighted by Gasteiger charge is -2.27. The van der Waals surface area contributed by atoms with Gasteiger partial charge in [-0.1, -0.05) is 69.9 Å². The summed E-state index contributed by atoms with van der Waals surface area (Å²) >= 11 is 0. The van der Waals surface area contributed by atoms with Crippen LogP contribution in [0.3, 0.4) is 0 Å². The summed E-state index contributed by atoms with van der Waals surface area (Å²) in [6, 6.07) is 9.57. The molecule has 2 aliphatic rings. The molecule has 2 aliphatic heterocycles. The maximum absolute atomic E-state index is 13.3. The summed E-state index contributed by atoms with van der Waals surface area (Å²) in [5.41, 5.74) is 0.787. The number of aliphatic hydroxyl groups is 1. The zero-order valence-corrected chi connectivity index (χ0v) is 21.8. The topological polar surface area (TPSA) is 108 Å². The maximum Gasteiger partial charge on any atom is 0.242 e. The molecule has 1 aromatic carbocycles. The van der Waals surface area contributed by atoms with Crippen LogP contribution in [0.2, 0.25) is 0 Å². The predicted octanol–water partition coefficient (Wildman–Crippen LogP) is 3.35. The molecule has 3 rings (SSSR count). The van der Waals surface area contributed by atoms with Gasteiger partial charge in [-0.25, -0.2) is 0 Å². The molecule has 0 aromatic heterocycles. The molecule has 196 valence electrons. The van der Waals surface area contributed by atoms with E-state index >= 15 is 0 Å². The van der Waals surface area contributed by atoms with E-state index in [1.165, 1.54) is 0 Å². The first-order valence-electron chi connectivity index (χ1n) is 13.2. The van der Waals surface area contributed by atoms with Crippen molar-refractivity contribution < 1.29 is 19.5 Å². The van der Waals surface area contributed by atoms with Crippen molar-refractivity contribution >= 4 is 17.7 Å². The van der Waals surface area contributed by atoms with Gasteiger partial charge in [-0.15, -0.1) is 0 Å². The van der Waals surface area contributed by atoms with Gasteiger partial charge in [0.05, 0.1) is 5.41 Å². The number of nitrogens with one attached hydrogen (secondary N) is 3. The molecule has 3 unspecified atom stereocenters. The lowest BCUT2D eigenvalue weighted by atomic mass is 9.78. The highest BCUT2D eigenvalue weighted by molar-refractivity contribution is 5.89. The number of amides is 3. The fraction of sp³-hybridized carbons (Fsp3) is 0.679. The Balaban J connectivity index is 0.00000210. The van der Waals surface area contributed by atoms with Gasteiger partial charge in [0.25, 0.3) is 0 Å². The fourth-order valence-electron chi connectivity index (χ4n) is 5.29. The Morgan fingerprint density at radius 1 is 0.886 bits per heavy atom. The summed E-state index contributed by atoms with van der Waals surface area (Å²) in [7, 11) is 1.00. The molecule has 7 nitrogen and oxygen atoms in total. The highest BCUT2D eigenvalue weighted by Gasteiger charge is 2.41. The molecule has 2 fully saturated rings. The molecule has 7 heteroatoms. The van der Waals surface area contributed by atoms with Crippen LogP contribution in [0.25, 0.3) is 0 Å². The molecule has 3 atom stereocenters. The number of carbonyl (C=O) groups excluding carboxylic acids is 3. The Morgan fingerprint density at radius 2 is 1.54 bits per heavy atom. The largest absolute Gasteiger partial charge is 0.400 e. The van der Waals surface area contributed by atoms with Gasteiger partial charge in [0.2, 0.25) is 17.7 Å². The highest BCUT2D eigenvalue weighted by Crippen LogP contribution is 2.36. The summed E-state index contributed by atoms with van der Waals surface area (Å²) in [4.78, 5) is 39.0. The SMILES string of the molecule is CC(C)CC1NC(=O)C(Cc2ccccc2)CCCCCCC2(CCNC1=O)CCNC2=O.CO. The van der Waals surface area contributed by atoms with Crippen molar-refractivity contribution in [3.05, 3.63) is 35.9 Å². The first-order valence-corrected chi connectivity index (χ1v) is 13.2. The van der Waals surface area contributed by atoms with Crippen molar-refractivity contribution in [3.8, 4) is 0 Å². The van der Waals surface area contributed by atoms with E-state index in [2.05, 4.69) is 41.9 Å². The minimum atomic E-state index is -0.547. The lowest BCUT2D eigenvalue weighted by molar-refractivity contribution is -0.132. The molecule has 3 amide bonds. The second-order valence-electron chi connectivity index (χ2n) is 10.4. The lowest BCUT2D eigenvalue weighted by Crippen LogP contribution is -2.50. The van der Waals surface area contributed by atoms with E-state index in [0.717, 1.165) is 64.2 Å². The van der Waals surface area contributed by atoms with Crippen LogP contribution < -0.4 is 16.0 Å². The van der Waals surface area contributed by atoms with E-state index in [4.69, 9.17) is 5.11 Å². The van der Waals surface area contributed by atoms with Gasteiger partial charge >= 0.3 is 0 Å². The number of hydrogen-bond donors (Lipinski definition) is 4. The molecule has 1 aromatic rings. The second kappa shape index (κ2) is 14.9. The molecule has 2 saturated heterocycles. The van der Waals surface area contributed by atoms with Gasteiger partial charge < -0.3 is 21.1 Å². The molecule has 0 saturated carbocycles. The summed E-state index contributed by atoms with van der Waals surface area (Å²) in [5.74, 6) is 0.103. The van der Waals surface area contributed by atoms with Gasteiger partial charge in [-0.3, -0.25) is 14.4 Å². The Labute approximate surface area is 210 Å². The zero-order chi connectivity index (χ0) is 25.7. The normalized spacial score (nSPS) is 26.6. The summed E-state index contributed by atoms with van der Waals surface area (Å²) in [6.07, 6.45) is 8.57. The molecule has 0 aliphatic carbocycles. The minimum absolute atomic E-state index is 0.0267. The van der Waals surface area contributed by atoms with E-state index in [1.807, 2.05) is 18.2 Å². The Morgan fingerprint density at radius 3 is 2.17 bits per heavy atom. The van der Waals surface area contributed by atoms with Crippen LogP contribution in [-0.4, -0.2) is 49.1 Å². The monoisotopic (exact) mass is 487 g/mol. The molecule has 4 N–H and O–H groups in total. The summed E-state index contributed by atoms with van der Waals surface area (Å²) in [5, 5.41) is 16.1. The minimum Gasteiger partial charge on any atom is -0.400 e. The van der Waals surface area contributed by atoms with Crippen molar-refractivity contribution in [2.24, 2.45) is 17.3 Å². The standard InChI is InChI=1S/C27H41N3O3.CH4O/c1-20(2)18-23-25(32)28-16-14-27(15-17-29-26(27)33)13-9-4-3-8-12-22(24(31)30-23)19-21-10-6-5-7-11-21;1-2/h5-7,10-11,20,22-23H,3-4,8-9,12-19H2,1-2H3,(H,28,32)(H,29,33)(H,30,31);2H,1H3. The van der Waals surface area contributed by atoms with Gasteiger partial charge in [-0.2, -0.15) is 0 Å². The van der Waals surface area contributed by atoms with Crippen LogP contribution >= 0.6 is 0 Å². The molecular weight excluding hydrogens is 442 g/mol. The van der Waals surface area contributed by atoms with E-state index in [0.29, 0.717) is 25.8 Å². The smallest absolute Gasteiger partial charge is 0.242 e. The molecule has 0 radical (unpaired) electrons. The Kier molecular flexibility index (Phi) is 12.2.